The molecule has 0 aliphatic carbocycles. The highest BCUT2D eigenvalue weighted by molar-refractivity contribution is 6.16. The Morgan fingerprint density at radius 1 is 1.00 bits per heavy atom. The van der Waals surface area contributed by atoms with Crippen LogP contribution < -0.4 is 15.8 Å². The van der Waals surface area contributed by atoms with E-state index in [-0.39, 0.29) is 30.3 Å². The molecule has 2 aliphatic rings. The minimum Gasteiger partial charge on any atom is -0.340 e. The number of imidazole rings is 1. The number of pyridine rings is 1. The van der Waals surface area contributed by atoms with E-state index in [4.69, 9.17) is 5.10 Å². The standard InChI is InChI=1S/C30H23N9O3/c1-16-23-26(39(36-16)27-24-25(32-14-31-24)33-15-34-27)35-22(40)12-30(23)19-8-4-6-10-21(19)38(29(30)42)13-18-11-17-7-3-5-9-20(17)37(2)28(18)41/h3-11,14-15H,12-13H2,1-2H3,(H,35,40)(H,31,32,33,34). The summed E-state index contributed by atoms with van der Waals surface area (Å²) >= 11 is 0. The molecule has 42 heavy (non-hydrogen) atoms. The molecule has 2 aromatic carbocycles. The molecule has 4 aromatic heterocycles. The number of aryl methyl sites for hydroxylation is 2. The second-order valence-electron chi connectivity index (χ2n) is 10.7. The number of anilines is 2. The number of H-pyrrole nitrogens is 1. The average Bonchev–Trinajstić information content (AvgIpc) is 3.67. The van der Waals surface area contributed by atoms with Crippen molar-refractivity contribution in [1.29, 1.82) is 0 Å². The van der Waals surface area contributed by atoms with Gasteiger partial charge in [0.1, 0.15) is 23.1 Å². The summed E-state index contributed by atoms with van der Waals surface area (Å²) in [5, 5.41) is 8.61. The smallest absolute Gasteiger partial charge is 0.255 e. The SMILES string of the molecule is Cc1nn(-c2ncnc3nc[nH]c23)c2c1C1(CC(=O)N2)C(=O)N(Cc2cc3ccccc3n(C)c2=O)c2ccccc21. The van der Waals surface area contributed by atoms with Crippen LogP contribution in [-0.2, 0) is 28.6 Å². The second-order valence-corrected chi connectivity index (χ2v) is 10.7. The topological polar surface area (TPSA) is 144 Å². The maximum Gasteiger partial charge on any atom is 0.255 e. The third kappa shape index (κ3) is 3.08. The predicted molar refractivity (Wildman–Crippen MR) is 154 cm³/mol. The van der Waals surface area contributed by atoms with E-state index in [1.165, 1.54) is 17.3 Å². The highest BCUT2D eigenvalue weighted by Crippen LogP contribution is 2.53. The number of aromatic nitrogens is 7. The molecule has 0 fully saturated rings. The molecule has 206 valence electrons. The Kier molecular flexibility index (Phi) is 4.85. The number of hydrogen-bond acceptors (Lipinski definition) is 7. The van der Waals surface area contributed by atoms with E-state index in [1.54, 1.807) is 16.5 Å². The fourth-order valence-corrected chi connectivity index (χ4v) is 6.59. The number of nitrogens with zero attached hydrogens (tertiary/aromatic N) is 7. The van der Waals surface area contributed by atoms with Gasteiger partial charge in [-0.25, -0.2) is 15.0 Å². The molecule has 0 radical (unpaired) electrons. The number of para-hydroxylation sites is 2. The summed E-state index contributed by atoms with van der Waals surface area (Å²) in [7, 11) is 1.73. The van der Waals surface area contributed by atoms with E-state index in [0.717, 1.165) is 10.9 Å². The number of aromatic amines is 1. The number of fused-ring (bicyclic) bond motifs is 6. The molecule has 1 unspecified atom stereocenters. The van der Waals surface area contributed by atoms with Gasteiger partial charge in [0.15, 0.2) is 11.5 Å². The van der Waals surface area contributed by atoms with Crippen molar-refractivity contribution >= 4 is 45.4 Å². The van der Waals surface area contributed by atoms with Gasteiger partial charge in [-0.15, -0.1) is 0 Å². The minimum absolute atomic E-state index is 0.0555. The summed E-state index contributed by atoms with van der Waals surface area (Å²) in [6.45, 7) is 1.87. The first-order chi connectivity index (χ1) is 20.4. The van der Waals surface area contributed by atoms with E-state index in [0.29, 0.717) is 50.9 Å². The molecule has 0 bridgehead atoms. The lowest BCUT2D eigenvalue weighted by Gasteiger charge is -2.33. The monoisotopic (exact) mass is 557 g/mol. The van der Waals surface area contributed by atoms with Crippen molar-refractivity contribution in [2.24, 2.45) is 7.05 Å². The van der Waals surface area contributed by atoms with Gasteiger partial charge in [0, 0.05) is 30.3 Å². The molecule has 12 nitrogen and oxygen atoms in total. The zero-order valence-electron chi connectivity index (χ0n) is 22.6. The van der Waals surface area contributed by atoms with Crippen molar-refractivity contribution in [3.63, 3.8) is 0 Å². The largest absolute Gasteiger partial charge is 0.340 e. The molecular weight excluding hydrogens is 534 g/mol. The summed E-state index contributed by atoms with van der Waals surface area (Å²) in [6, 6.07) is 16.9. The first-order valence-corrected chi connectivity index (χ1v) is 13.4. The maximum atomic E-state index is 14.7. The van der Waals surface area contributed by atoms with Gasteiger partial charge in [-0.1, -0.05) is 36.4 Å². The van der Waals surface area contributed by atoms with Gasteiger partial charge in [-0.2, -0.15) is 9.78 Å². The van der Waals surface area contributed by atoms with Crippen LogP contribution in [0.2, 0.25) is 0 Å². The van der Waals surface area contributed by atoms with Crippen LogP contribution in [0.5, 0.6) is 0 Å². The first-order valence-electron chi connectivity index (χ1n) is 13.4. The van der Waals surface area contributed by atoms with Gasteiger partial charge in [-0.3, -0.25) is 14.4 Å². The Bertz CT molecular complexity index is 2190. The average molecular weight is 558 g/mol. The van der Waals surface area contributed by atoms with E-state index in [9.17, 15) is 14.4 Å². The van der Waals surface area contributed by atoms with Crippen molar-refractivity contribution < 1.29 is 9.59 Å². The molecule has 2 aliphatic heterocycles. The normalized spacial score (nSPS) is 17.7. The van der Waals surface area contributed by atoms with Crippen LogP contribution in [0.3, 0.4) is 0 Å². The van der Waals surface area contributed by atoms with Crippen molar-refractivity contribution in [1.82, 2.24) is 34.3 Å². The van der Waals surface area contributed by atoms with Gasteiger partial charge in [0.2, 0.25) is 11.8 Å². The quantitative estimate of drug-likeness (QED) is 0.341. The molecule has 0 saturated heterocycles. The molecule has 2 amide bonds. The molecular formula is C30H23N9O3. The Labute approximate surface area is 237 Å². The summed E-state index contributed by atoms with van der Waals surface area (Å²) in [6.07, 6.45) is 2.79. The van der Waals surface area contributed by atoms with Crippen LogP contribution in [-0.4, -0.2) is 46.1 Å². The van der Waals surface area contributed by atoms with Crippen LogP contribution in [0.15, 0.2) is 72.0 Å². The zero-order valence-corrected chi connectivity index (χ0v) is 22.6. The number of benzene rings is 2. The number of carbonyl (C=O) groups excluding carboxylic acids is 2. The van der Waals surface area contributed by atoms with Crippen molar-refractivity contribution in [3.8, 4) is 5.82 Å². The molecule has 1 atom stereocenters. The summed E-state index contributed by atoms with van der Waals surface area (Å²) in [5.74, 6) is 0.150. The van der Waals surface area contributed by atoms with Crippen LogP contribution in [0.4, 0.5) is 11.5 Å². The Balaban J connectivity index is 1.33. The van der Waals surface area contributed by atoms with E-state index < -0.39 is 5.41 Å². The summed E-state index contributed by atoms with van der Waals surface area (Å²) in [4.78, 5) is 59.1. The zero-order chi connectivity index (χ0) is 28.7. The second kappa shape index (κ2) is 8.43. The molecule has 0 saturated carbocycles. The lowest BCUT2D eigenvalue weighted by molar-refractivity contribution is -0.126. The number of hydrogen-bond donors (Lipinski definition) is 2. The maximum absolute atomic E-state index is 14.7. The number of amides is 2. The number of carbonyl (C=O) groups is 2. The molecule has 12 heteroatoms. The highest BCUT2D eigenvalue weighted by Gasteiger charge is 2.58. The Morgan fingerprint density at radius 2 is 1.81 bits per heavy atom. The summed E-state index contributed by atoms with van der Waals surface area (Å²) < 4.78 is 3.13. The number of rotatable bonds is 3. The fourth-order valence-electron chi connectivity index (χ4n) is 6.59. The lowest BCUT2D eigenvalue weighted by atomic mass is 9.70. The third-order valence-corrected chi connectivity index (χ3v) is 8.37. The van der Waals surface area contributed by atoms with Crippen LogP contribution in [0.1, 0.15) is 28.8 Å². The molecule has 2 N–H and O–H groups in total. The van der Waals surface area contributed by atoms with Crippen molar-refractivity contribution in [3.05, 3.63) is 100.0 Å². The molecule has 6 aromatic rings. The van der Waals surface area contributed by atoms with Gasteiger partial charge < -0.3 is 19.8 Å². The Hall–Kier alpha value is -5.65. The van der Waals surface area contributed by atoms with Gasteiger partial charge >= 0.3 is 0 Å². The molecule has 1 spiro atoms. The van der Waals surface area contributed by atoms with Gasteiger partial charge in [0.25, 0.3) is 5.56 Å². The van der Waals surface area contributed by atoms with E-state index in [2.05, 4.69) is 25.3 Å². The van der Waals surface area contributed by atoms with Gasteiger partial charge in [-0.05, 0) is 36.1 Å². The minimum atomic E-state index is -1.33. The summed E-state index contributed by atoms with van der Waals surface area (Å²) in [5.41, 5.74) is 3.28. The van der Waals surface area contributed by atoms with Crippen molar-refractivity contribution in [2.75, 3.05) is 10.2 Å². The predicted octanol–water partition coefficient (Wildman–Crippen LogP) is 2.87. The van der Waals surface area contributed by atoms with Crippen LogP contribution in [0.25, 0.3) is 27.9 Å². The highest BCUT2D eigenvalue weighted by atomic mass is 16.2. The fraction of sp³-hybridized carbons (Fsp3) is 0.167. The van der Waals surface area contributed by atoms with Crippen LogP contribution >= 0.6 is 0 Å². The van der Waals surface area contributed by atoms with Gasteiger partial charge in [0.05, 0.1) is 24.1 Å². The first kappa shape index (κ1) is 24.2. The lowest BCUT2D eigenvalue weighted by Crippen LogP contribution is -2.47. The van der Waals surface area contributed by atoms with Crippen molar-refractivity contribution in [2.45, 2.75) is 25.3 Å². The van der Waals surface area contributed by atoms with E-state index >= 15 is 0 Å². The third-order valence-electron chi connectivity index (χ3n) is 8.37. The molecule has 6 heterocycles. The Morgan fingerprint density at radius 3 is 2.69 bits per heavy atom. The van der Waals surface area contributed by atoms with E-state index in [1.807, 2.05) is 61.5 Å². The molecule has 8 rings (SSSR count). The van der Waals surface area contributed by atoms with Crippen LogP contribution in [0, 0.1) is 6.92 Å². The number of nitrogens with one attached hydrogen (secondary N) is 2.